The Morgan fingerprint density at radius 1 is 1.13 bits per heavy atom. The first-order valence-corrected chi connectivity index (χ1v) is 10.7. The van der Waals surface area contributed by atoms with E-state index in [1.54, 1.807) is 40.4 Å². The first-order valence-electron chi connectivity index (χ1n) is 9.83. The Hall–Kier alpha value is -3.58. The molecule has 7 heteroatoms. The second-order valence-electron chi connectivity index (χ2n) is 7.02. The van der Waals surface area contributed by atoms with Gasteiger partial charge >= 0.3 is 0 Å². The van der Waals surface area contributed by atoms with E-state index in [0.29, 0.717) is 0 Å². The fourth-order valence-electron chi connectivity index (χ4n) is 3.27. The summed E-state index contributed by atoms with van der Waals surface area (Å²) in [6.07, 6.45) is 8.51. The van der Waals surface area contributed by atoms with E-state index in [4.69, 9.17) is 0 Å². The number of nitrogens with one attached hydrogen (secondary N) is 1. The van der Waals surface area contributed by atoms with Crippen molar-refractivity contribution in [3.05, 3.63) is 94.3 Å². The van der Waals surface area contributed by atoms with Crippen LogP contribution in [0.4, 0.5) is 10.1 Å². The number of aryl methyl sites for hydroxylation is 3. The van der Waals surface area contributed by atoms with E-state index in [-0.39, 0.29) is 11.7 Å². The van der Waals surface area contributed by atoms with Crippen LogP contribution < -0.4 is 5.32 Å². The van der Waals surface area contributed by atoms with Gasteiger partial charge in [0.05, 0.1) is 16.9 Å². The number of nitrogens with zero attached hydrogens (tertiary/aromatic N) is 3. The maximum Gasteiger partial charge on any atom is 0.248 e. The fraction of sp³-hybridized carbons (Fsp3) is 0.125. The summed E-state index contributed by atoms with van der Waals surface area (Å²) in [4.78, 5) is 16.7. The molecule has 0 aliphatic rings. The Labute approximate surface area is 183 Å². The van der Waals surface area contributed by atoms with Crippen LogP contribution in [0.25, 0.3) is 17.3 Å². The molecule has 2 aromatic carbocycles. The van der Waals surface area contributed by atoms with Gasteiger partial charge in [0, 0.05) is 47.9 Å². The lowest BCUT2D eigenvalue weighted by Crippen LogP contribution is -2.07. The summed E-state index contributed by atoms with van der Waals surface area (Å²) in [5.74, 6) is -0.527. The van der Waals surface area contributed by atoms with Crippen LogP contribution in [0.3, 0.4) is 0 Å². The molecular weight excluding hydrogens is 411 g/mol. The molecule has 0 saturated heterocycles. The summed E-state index contributed by atoms with van der Waals surface area (Å²) in [6.45, 7) is 0. The summed E-state index contributed by atoms with van der Waals surface area (Å²) in [5, 5.41) is 10.2. The van der Waals surface area contributed by atoms with Crippen molar-refractivity contribution in [3.8, 4) is 11.3 Å². The van der Waals surface area contributed by atoms with Gasteiger partial charge in [-0.25, -0.2) is 9.37 Å². The van der Waals surface area contributed by atoms with Crippen molar-refractivity contribution in [2.24, 2.45) is 7.05 Å². The van der Waals surface area contributed by atoms with Gasteiger partial charge in [-0.3, -0.25) is 9.48 Å². The summed E-state index contributed by atoms with van der Waals surface area (Å²) >= 11 is 1.66. The van der Waals surface area contributed by atoms with Crippen LogP contribution in [0.1, 0.15) is 16.1 Å². The molecule has 4 rings (SSSR count). The Balaban J connectivity index is 1.38. The van der Waals surface area contributed by atoms with Crippen molar-refractivity contribution in [1.82, 2.24) is 14.8 Å². The van der Waals surface area contributed by atoms with E-state index >= 15 is 0 Å². The Morgan fingerprint density at radius 3 is 2.61 bits per heavy atom. The summed E-state index contributed by atoms with van der Waals surface area (Å²) in [7, 11) is 1.81. The lowest BCUT2D eigenvalue weighted by Gasteiger charge is -2.05. The molecular formula is C24H21FN4OS. The third-order valence-electron chi connectivity index (χ3n) is 4.83. The third kappa shape index (κ3) is 5.32. The Bertz CT molecular complexity index is 1180. The maximum absolute atomic E-state index is 13.2. The van der Waals surface area contributed by atoms with E-state index < -0.39 is 0 Å². The van der Waals surface area contributed by atoms with Crippen molar-refractivity contribution in [2.45, 2.75) is 12.8 Å². The first kappa shape index (κ1) is 20.7. The van der Waals surface area contributed by atoms with Crippen LogP contribution in [0, 0.1) is 5.82 Å². The van der Waals surface area contributed by atoms with E-state index in [0.717, 1.165) is 40.4 Å². The van der Waals surface area contributed by atoms with Crippen molar-refractivity contribution < 1.29 is 9.18 Å². The van der Waals surface area contributed by atoms with Crippen LogP contribution in [-0.2, 0) is 24.7 Å². The van der Waals surface area contributed by atoms with Gasteiger partial charge in [0.15, 0.2) is 0 Å². The molecule has 0 saturated carbocycles. The number of anilines is 1. The molecule has 0 radical (unpaired) electrons. The van der Waals surface area contributed by atoms with Gasteiger partial charge in [-0.15, -0.1) is 11.3 Å². The third-order valence-corrected chi connectivity index (χ3v) is 5.67. The minimum absolute atomic E-state index is 0.232. The van der Waals surface area contributed by atoms with Crippen LogP contribution in [0.2, 0.25) is 0 Å². The van der Waals surface area contributed by atoms with Crippen LogP contribution in [-0.4, -0.2) is 20.7 Å². The largest absolute Gasteiger partial charge is 0.323 e. The van der Waals surface area contributed by atoms with E-state index in [9.17, 15) is 9.18 Å². The van der Waals surface area contributed by atoms with Crippen molar-refractivity contribution in [2.75, 3.05) is 5.32 Å². The molecule has 0 unspecified atom stereocenters. The van der Waals surface area contributed by atoms with Gasteiger partial charge in [0.25, 0.3) is 0 Å². The number of halogens is 1. The lowest BCUT2D eigenvalue weighted by atomic mass is 10.1. The number of benzene rings is 2. The molecule has 1 N–H and O–H groups in total. The van der Waals surface area contributed by atoms with Crippen LogP contribution in [0.5, 0.6) is 0 Å². The second-order valence-corrected chi connectivity index (χ2v) is 8.00. The summed E-state index contributed by atoms with van der Waals surface area (Å²) < 4.78 is 14.9. The Kier molecular flexibility index (Phi) is 6.33. The number of amides is 1. The highest BCUT2D eigenvalue weighted by molar-refractivity contribution is 7.09. The first-order chi connectivity index (χ1) is 15.1. The SMILES string of the molecule is Cn1ncc(/C=C/C(=O)Nc2ccc(CCc3nccs3)cc2)c1-c1ccc(F)cc1. The van der Waals surface area contributed by atoms with Crippen molar-refractivity contribution in [3.63, 3.8) is 0 Å². The van der Waals surface area contributed by atoms with Gasteiger partial charge in [-0.05, 0) is 54.5 Å². The zero-order valence-corrected chi connectivity index (χ0v) is 17.8. The number of rotatable bonds is 7. The highest BCUT2D eigenvalue weighted by atomic mass is 32.1. The van der Waals surface area contributed by atoms with Gasteiger partial charge < -0.3 is 5.32 Å². The van der Waals surface area contributed by atoms with Crippen molar-refractivity contribution >= 4 is 29.0 Å². The molecule has 1 amide bonds. The zero-order valence-electron chi connectivity index (χ0n) is 17.0. The fourth-order valence-corrected chi connectivity index (χ4v) is 3.89. The number of carbonyl (C=O) groups is 1. The van der Waals surface area contributed by atoms with Gasteiger partial charge in [-0.2, -0.15) is 5.10 Å². The Morgan fingerprint density at radius 2 is 1.90 bits per heavy atom. The predicted molar refractivity (Wildman–Crippen MR) is 122 cm³/mol. The predicted octanol–water partition coefficient (Wildman–Crippen LogP) is 5.12. The second kappa shape index (κ2) is 9.49. The quantitative estimate of drug-likeness (QED) is 0.413. The molecule has 0 atom stereocenters. The number of hydrogen-bond acceptors (Lipinski definition) is 4. The molecule has 0 spiro atoms. The van der Waals surface area contributed by atoms with Crippen LogP contribution in [0.15, 0.2) is 72.4 Å². The average molecular weight is 433 g/mol. The standard InChI is InChI=1S/C24H21FN4OS/c1-29-24(18-5-8-20(25)9-6-18)19(16-27-29)7-12-22(30)28-21-10-2-17(3-11-21)4-13-23-26-14-15-31-23/h2-3,5-12,14-16H,4,13H2,1H3,(H,28,30)/b12-7+. The average Bonchev–Trinajstić information content (AvgIpc) is 3.42. The molecule has 2 aromatic heterocycles. The lowest BCUT2D eigenvalue weighted by molar-refractivity contribution is -0.111. The minimum Gasteiger partial charge on any atom is -0.323 e. The number of hydrogen-bond donors (Lipinski definition) is 1. The zero-order chi connectivity index (χ0) is 21.6. The summed E-state index contributed by atoms with van der Waals surface area (Å²) in [5.41, 5.74) is 4.35. The normalized spacial score (nSPS) is 11.2. The molecule has 5 nitrogen and oxygen atoms in total. The molecule has 0 bridgehead atoms. The van der Waals surface area contributed by atoms with Gasteiger partial charge in [0.1, 0.15) is 5.82 Å². The van der Waals surface area contributed by atoms with Gasteiger partial charge in [0.2, 0.25) is 5.91 Å². The molecule has 0 fully saturated rings. The topological polar surface area (TPSA) is 59.8 Å². The molecule has 0 aliphatic heterocycles. The van der Waals surface area contributed by atoms with Crippen molar-refractivity contribution in [1.29, 1.82) is 0 Å². The molecule has 31 heavy (non-hydrogen) atoms. The minimum atomic E-state index is -0.295. The number of thiazole rings is 1. The molecule has 4 aromatic rings. The van der Waals surface area contributed by atoms with E-state index in [1.165, 1.54) is 23.8 Å². The number of carbonyl (C=O) groups excluding carboxylic acids is 1. The maximum atomic E-state index is 13.2. The highest BCUT2D eigenvalue weighted by Crippen LogP contribution is 2.24. The van der Waals surface area contributed by atoms with Crippen LogP contribution >= 0.6 is 11.3 Å². The number of aromatic nitrogens is 3. The highest BCUT2D eigenvalue weighted by Gasteiger charge is 2.09. The van der Waals surface area contributed by atoms with E-state index in [1.807, 2.05) is 42.9 Å². The monoisotopic (exact) mass is 432 g/mol. The molecule has 0 aliphatic carbocycles. The molecule has 2 heterocycles. The molecule has 156 valence electrons. The smallest absolute Gasteiger partial charge is 0.248 e. The summed E-state index contributed by atoms with van der Waals surface area (Å²) in [6, 6.07) is 14.0. The van der Waals surface area contributed by atoms with E-state index in [2.05, 4.69) is 15.4 Å². The van der Waals surface area contributed by atoms with Gasteiger partial charge in [-0.1, -0.05) is 12.1 Å².